The molecular weight excluding hydrogens is 463 g/mol. The summed E-state index contributed by atoms with van der Waals surface area (Å²) in [5, 5.41) is 16.2. The quantitative estimate of drug-likeness (QED) is 0.273. The Morgan fingerprint density at radius 3 is 2.65 bits per heavy atom. The molecule has 190 valence electrons. The molecule has 0 bridgehead atoms. The van der Waals surface area contributed by atoms with E-state index < -0.39 is 18.3 Å². The second-order valence-electron chi connectivity index (χ2n) is 8.13. The van der Waals surface area contributed by atoms with Crippen molar-refractivity contribution in [2.24, 2.45) is 15.7 Å². The Labute approximate surface area is 204 Å². The minimum atomic E-state index is -4.18. The van der Waals surface area contributed by atoms with Gasteiger partial charge in [0.1, 0.15) is 5.72 Å². The summed E-state index contributed by atoms with van der Waals surface area (Å²) >= 11 is 1.68. The van der Waals surface area contributed by atoms with Gasteiger partial charge in [-0.25, -0.2) is 0 Å². The minimum absolute atomic E-state index is 0.0638. The Kier molecular flexibility index (Phi) is 12.4. The lowest BCUT2D eigenvalue weighted by atomic mass is 10.1. The molecule has 1 atom stereocenters. The summed E-state index contributed by atoms with van der Waals surface area (Å²) < 4.78 is 35.6. The number of hydrogen-bond acceptors (Lipinski definition) is 6. The molecule has 1 heterocycles. The van der Waals surface area contributed by atoms with Gasteiger partial charge in [-0.15, -0.1) is 11.8 Å². The van der Waals surface area contributed by atoms with Gasteiger partial charge in [-0.3, -0.25) is 9.98 Å². The van der Waals surface area contributed by atoms with Crippen molar-refractivity contribution >= 4 is 34.4 Å². The minimum Gasteiger partial charge on any atom is -0.371 e. The number of nitrogens with two attached hydrogens (primary N) is 1. The van der Waals surface area contributed by atoms with Gasteiger partial charge in [0.15, 0.2) is 0 Å². The van der Waals surface area contributed by atoms with Crippen molar-refractivity contribution < 1.29 is 18.3 Å². The molecule has 0 aromatic heterocycles. The highest BCUT2D eigenvalue weighted by Crippen LogP contribution is 2.34. The van der Waals surface area contributed by atoms with Crippen molar-refractivity contribution in [3.8, 4) is 0 Å². The molecule has 0 spiro atoms. The zero-order valence-corrected chi connectivity index (χ0v) is 21.3. The Bertz CT molecular complexity index is 908. The van der Waals surface area contributed by atoms with E-state index in [-0.39, 0.29) is 5.71 Å². The Balaban J connectivity index is 0.000000365. The maximum absolute atomic E-state index is 11.9. The number of halogens is 3. The molecule has 0 fully saturated rings. The van der Waals surface area contributed by atoms with Crippen LogP contribution in [0.15, 0.2) is 46.2 Å². The summed E-state index contributed by atoms with van der Waals surface area (Å²) in [5.74, 6) is 0. The van der Waals surface area contributed by atoms with E-state index in [9.17, 15) is 18.3 Å². The predicted molar refractivity (Wildman–Crippen MR) is 139 cm³/mol. The van der Waals surface area contributed by atoms with Crippen LogP contribution in [0.25, 0.3) is 4.91 Å². The topological polar surface area (TPSA) is 95.0 Å². The number of thioether (sulfide) groups is 1. The summed E-state index contributed by atoms with van der Waals surface area (Å²) in [5.41, 5.74) is 8.69. The van der Waals surface area contributed by atoms with E-state index in [1.165, 1.54) is 13.1 Å². The number of anilines is 1. The maximum atomic E-state index is 11.9. The predicted octanol–water partition coefficient (Wildman–Crippen LogP) is 5.31. The van der Waals surface area contributed by atoms with Crippen LogP contribution in [0, 0.1) is 0 Å². The first-order valence-corrected chi connectivity index (χ1v) is 12.2. The van der Waals surface area contributed by atoms with Crippen molar-refractivity contribution in [1.82, 2.24) is 5.32 Å². The first-order valence-electron chi connectivity index (χ1n) is 11.0. The summed E-state index contributed by atoms with van der Waals surface area (Å²) in [6, 6.07) is 6.22. The molecule has 10 heteroatoms. The van der Waals surface area contributed by atoms with E-state index in [4.69, 9.17) is 5.73 Å². The third-order valence-electron chi connectivity index (χ3n) is 4.61. The van der Waals surface area contributed by atoms with Crippen LogP contribution in [-0.4, -0.2) is 48.4 Å². The van der Waals surface area contributed by atoms with Crippen LogP contribution in [0.5, 0.6) is 0 Å². The van der Waals surface area contributed by atoms with Gasteiger partial charge in [0.05, 0.1) is 12.8 Å². The number of aliphatic imine (C=N–C) groups is 2. The molecule has 1 aliphatic rings. The highest BCUT2D eigenvalue weighted by atomic mass is 32.2. The van der Waals surface area contributed by atoms with Gasteiger partial charge in [0, 0.05) is 41.7 Å². The largest absolute Gasteiger partial charge is 0.394 e. The standard InChI is InChI=1S/C15H21N3OS.C9H15F3N2/c1-4-16-10-17-9-14(20-3)11-5-6-13-12(7-11)8-15(2,19)18-13;1-7(3-4-13)6-14-8(2)5-9(10,11)12/h5-7,9-10,18-19H,4,8H2,1-3H3,(H,16,17);6H,3-5,13H2,1-2H3/b14-9-;7-6+,14-8?. The summed E-state index contributed by atoms with van der Waals surface area (Å²) in [6.07, 6.45) is 3.29. The van der Waals surface area contributed by atoms with E-state index >= 15 is 0 Å². The SMILES string of the molecule is CC(CC(F)(F)F)=N/C=C(\C)CCN.CCN=CN/C=C(\SC)c1ccc2c(c1)CC(C)(O)N2. The molecule has 0 amide bonds. The molecule has 1 aliphatic heterocycles. The number of alkyl halides is 3. The summed E-state index contributed by atoms with van der Waals surface area (Å²) in [7, 11) is 0. The van der Waals surface area contributed by atoms with Gasteiger partial charge >= 0.3 is 6.18 Å². The van der Waals surface area contributed by atoms with Crippen molar-refractivity contribution in [2.45, 2.75) is 58.9 Å². The zero-order chi connectivity index (χ0) is 25.8. The third-order valence-corrected chi connectivity index (χ3v) is 5.40. The van der Waals surface area contributed by atoms with Gasteiger partial charge in [-0.05, 0) is 70.2 Å². The lowest BCUT2D eigenvalue weighted by Gasteiger charge is -2.16. The van der Waals surface area contributed by atoms with E-state index in [0.29, 0.717) is 19.4 Å². The fraction of sp³-hybridized carbons (Fsp3) is 0.500. The monoisotopic (exact) mass is 499 g/mol. The second kappa shape index (κ2) is 14.2. The molecule has 5 N–H and O–H groups in total. The fourth-order valence-corrected chi connectivity index (χ4v) is 3.63. The number of fused-ring (bicyclic) bond motifs is 1. The Hall–Kier alpha value is -2.30. The number of aliphatic hydroxyl groups is 1. The lowest BCUT2D eigenvalue weighted by Crippen LogP contribution is -2.31. The number of rotatable bonds is 9. The van der Waals surface area contributed by atoms with Gasteiger partial charge in [0.25, 0.3) is 0 Å². The molecule has 34 heavy (non-hydrogen) atoms. The molecule has 0 aliphatic carbocycles. The molecule has 2 rings (SSSR count). The Morgan fingerprint density at radius 1 is 1.35 bits per heavy atom. The van der Waals surface area contributed by atoms with Crippen LogP contribution in [-0.2, 0) is 6.42 Å². The number of hydrogen-bond donors (Lipinski definition) is 4. The van der Waals surface area contributed by atoms with Crippen LogP contribution in [0.3, 0.4) is 0 Å². The van der Waals surface area contributed by atoms with E-state index in [1.54, 1.807) is 31.9 Å². The number of nitrogens with one attached hydrogen (secondary N) is 2. The average molecular weight is 500 g/mol. The van der Waals surface area contributed by atoms with Crippen molar-refractivity contribution in [2.75, 3.05) is 24.7 Å². The van der Waals surface area contributed by atoms with Gasteiger partial charge in [0.2, 0.25) is 0 Å². The smallest absolute Gasteiger partial charge is 0.371 e. The number of benzene rings is 1. The molecule has 1 aromatic rings. The van der Waals surface area contributed by atoms with Gasteiger partial charge in [-0.1, -0.05) is 11.6 Å². The van der Waals surface area contributed by atoms with Gasteiger partial charge in [-0.2, -0.15) is 13.2 Å². The molecule has 0 saturated carbocycles. The highest BCUT2D eigenvalue weighted by molar-refractivity contribution is 8.07. The van der Waals surface area contributed by atoms with Crippen LogP contribution >= 0.6 is 11.8 Å². The summed E-state index contributed by atoms with van der Waals surface area (Å²) in [4.78, 5) is 8.96. The zero-order valence-electron chi connectivity index (χ0n) is 20.5. The van der Waals surface area contributed by atoms with Crippen LogP contribution < -0.4 is 16.4 Å². The molecule has 1 aromatic carbocycles. The Morgan fingerprint density at radius 2 is 2.06 bits per heavy atom. The normalized spacial score (nSPS) is 18.9. The first-order chi connectivity index (χ1) is 15.9. The van der Waals surface area contributed by atoms with E-state index in [0.717, 1.165) is 33.8 Å². The van der Waals surface area contributed by atoms with Crippen LogP contribution in [0.2, 0.25) is 0 Å². The molecule has 1 unspecified atom stereocenters. The third kappa shape index (κ3) is 11.7. The molecule has 0 saturated heterocycles. The maximum Gasteiger partial charge on any atom is 0.394 e. The van der Waals surface area contributed by atoms with Crippen molar-refractivity contribution in [3.63, 3.8) is 0 Å². The van der Waals surface area contributed by atoms with Crippen LogP contribution in [0.1, 0.15) is 51.7 Å². The molecule has 6 nitrogen and oxygen atoms in total. The first kappa shape index (κ1) is 29.7. The molecular formula is C24H36F3N5OS. The second-order valence-corrected chi connectivity index (χ2v) is 8.97. The lowest BCUT2D eigenvalue weighted by molar-refractivity contribution is -0.121. The van der Waals surface area contributed by atoms with Crippen LogP contribution in [0.4, 0.5) is 18.9 Å². The number of nitrogens with zero attached hydrogens (tertiary/aromatic N) is 2. The highest BCUT2D eigenvalue weighted by Gasteiger charge is 2.29. The van der Waals surface area contributed by atoms with E-state index in [1.807, 2.05) is 25.4 Å². The average Bonchev–Trinajstić information content (AvgIpc) is 3.05. The van der Waals surface area contributed by atoms with Crippen molar-refractivity contribution in [1.29, 1.82) is 0 Å². The van der Waals surface area contributed by atoms with Gasteiger partial charge < -0.3 is 21.5 Å². The summed E-state index contributed by atoms with van der Waals surface area (Å²) in [6.45, 7) is 8.19. The van der Waals surface area contributed by atoms with E-state index in [2.05, 4.69) is 32.8 Å². The molecule has 0 radical (unpaired) electrons. The fourth-order valence-electron chi connectivity index (χ4n) is 3.09. The van der Waals surface area contributed by atoms with Crippen molar-refractivity contribution in [3.05, 3.63) is 47.3 Å².